The molecule has 0 aliphatic carbocycles. The van der Waals surface area contributed by atoms with Gasteiger partial charge in [0.05, 0.1) is 22.2 Å². The Hall–Kier alpha value is -1.67. The Bertz CT molecular complexity index is 873. The van der Waals surface area contributed by atoms with Gasteiger partial charge >= 0.3 is 0 Å². The van der Waals surface area contributed by atoms with E-state index in [2.05, 4.69) is 5.32 Å². The minimum Gasteiger partial charge on any atom is -0.324 e. The van der Waals surface area contributed by atoms with Crippen LogP contribution >= 0.6 is 23.2 Å². The average Bonchev–Trinajstić information content (AvgIpc) is 2.56. The standard InChI is InChI=1S/C16H15Cl2FN2O3S/c1-2-21(25(23,24)13-6-4-12(19)5-7-13)10-16(22)20-15-9-11(17)3-8-14(15)18/h3-9H,2,10H2,1H3,(H,20,22). The van der Waals surface area contributed by atoms with Crippen LogP contribution in [0.1, 0.15) is 6.92 Å². The number of hydrogen-bond acceptors (Lipinski definition) is 3. The Labute approximate surface area is 155 Å². The first-order valence-corrected chi connectivity index (χ1v) is 9.44. The van der Waals surface area contributed by atoms with Crippen molar-refractivity contribution in [3.63, 3.8) is 0 Å². The van der Waals surface area contributed by atoms with Gasteiger partial charge in [-0.3, -0.25) is 4.79 Å². The van der Waals surface area contributed by atoms with Crippen LogP contribution in [0, 0.1) is 5.82 Å². The van der Waals surface area contributed by atoms with Crippen LogP contribution in [0.15, 0.2) is 47.4 Å². The molecule has 1 amide bonds. The van der Waals surface area contributed by atoms with E-state index in [1.54, 1.807) is 13.0 Å². The minimum absolute atomic E-state index is 0.0659. The molecule has 9 heteroatoms. The summed E-state index contributed by atoms with van der Waals surface area (Å²) in [5.41, 5.74) is 0.286. The van der Waals surface area contributed by atoms with Crippen molar-refractivity contribution in [2.24, 2.45) is 0 Å². The predicted molar refractivity (Wildman–Crippen MR) is 95.9 cm³/mol. The predicted octanol–water partition coefficient (Wildman–Crippen LogP) is 3.78. The molecule has 0 spiro atoms. The SMILES string of the molecule is CCN(CC(=O)Nc1cc(Cl)ccc1Cl)S(=O)(=O)c1ccc(F)cc1. The lowest BCUT2D eigenvalue weighted by Crippen LogP contribution is -2.37. The molecule has 0 saturated heterocycles. The molecule has 2 aromatic carbocycles. The lowest BCUT2D eigenvalue weighted by molar-refractivity contribution is -0.116. The highest BCUT2D eigenvalue weighted by Gasteiger charge is 2.25. The number of nitrogens with zero attached hydrogens (tertiary/aromatic N) is 1. The van der Waals surface area contributed by atoms with Crippen molar-refractivity contribution in [1.82, 2.24) is 4.31 Å². The van der Waals surface area contributed by atoms with Gasteiger partial charge in [-0.15, -0.1) is 0 Å². The monoisotopic (exact) mass is 404 g/mol. The van der Waals surface area contributed by atoms with Gasteiger partial charge in [-0.25, -0.2) is 12.8 Å². The van der Waals surface area contributed by atoms with Crippen LogP contribution in [0.2, 0.25) is 10.0 Å². The Kier molecular flexibility index (Phi) is 6.40. The zero-order valence-corrected chi connectivity index (χ0v) is 15.5. The zero-order valence-electron chi connectivity index (χ0n) is 13.2. The van der Waals surface area contributed by atoms with E-state index >= 15 is 0 Å². The highest BCUT2D eigenvalue weighted by molar-refractivity contribution is 7.89. The number of carbonyl (C=O) groups is 1. The van der Waals surface area contributed by atoms with E-state index in [0.717, 1.165) is 28.6 Å². The summed E-state index contributed by atoms with van der Waals surface area (Å²) in [6.45, 7) is 1.25. The molecule has 0 saturated carbocycles. The molecule has 1 N–H and O–H groups in total. The van der Waals surface area contributed by atoms with Crippen LogP contribution in [0.4, 0.5) is 10.1 Å². The van der Waals surface area contributed by atoms with Gasteiger partial charge in [-0.1, -0.05) is 30.1 Å². The van der Waals surface area contributed by atoms with Gasteiger partial charge in [0.1, 0.15) is 5.82 Å². The largest absolute Gasteiger partial charge is 0.324 e. The molecule has 0 aromatic heterocycles. The molecular formula is C16H15Cl2FN2O3S. The lowest BCUT2D eigenvalue weighted by atomic mass is 10.3. The molecule has 0 radical (unpaired) electrons. The second-order valence-corrected chi connectivity index (χ2v) is 7.84. The summed E-state index contributed by atoms with van der Waals surface area (Å²) < 4.78 is 39.1. The smallest absolute Gasteiger partial charge is 0.243 e. The third-order valence-electron chi connectivity index (χ3n) is 3.33. The summed E-state index contributed by atoms with van der Waals surface area (Å²) in [7, 11) is -3.93. The summed E-state index contributed by atoms with van der Waals surface area (Å²) >= 11 is 11.8. The topological polar surface area (TPSA) is 66.5 Å². The maximum atomic E-state index is 13.0. The van der Waals surface area contributed by atoms with Crippen molar-refractivity contribution in [3.8, 4) is 0 Å². The van der Waals surface area contributed by atoms with Gasteiger partial charge in [0, 0.05) is 11.6 Å². The highest BCUT2D eigenvalue weighted by Crippen LogP contribution is 2.25. The van der Waals surface area contributed by atoms with E-state index in [4.69, 9.17) is 23.2 Å². The third kappa shape index (κ3) is 4.92. The molecule has 0 bridgehead atoms. The zero-order chi connectivity index (χ0) is 18.6. The fourth-order valence-corrected chi connectivity index (χ4v) is 3.81. The fourth-order valence-electron chi connectivity index (χ4n) is 2.07. The maximum Gasteiger partial charge on any atom is 0.243 e. The molecule has 0 aliphatic heterocycles. The molecular weight excluding hydrogens is 390 g/mol. The number of anilines is 1. The number of carbonyl (C=O) groups excluding carboxylic acids is 1. The van der Waals surface area contributed by atoms with E-state index in [9.17, 15) is 17.6 Å². The summed E-state index contributed by atoms with van der Waals surface area (Å²) in [4.78, 5) is 12.1. The van der Waals surface area contributed by atoms with Gasteiger partial charge in [-0.2, -0.15) is 4.31 Å². The molecule has 0 unspecified atom stereocenters. The quantitative estimate of drug-likeness (QED) is 0.796. The number of benzene rings is 2. The van der Waals surface area contributed by atoms with Gasteiger partial charge < -0.3 is 5.32 Å². The van der Waals surface area contributed by atoms with E-state index in [1.165, 1.54) is 12.1 Å². The molecule has 2 aromatic rings. The number of rotatable bonds is 6. The summed E-state index contributed by atoms with van der Waals surface area (Å²) in [6, 6.07) is 8.95. The van der Waals surface area contributed by atoms with E-state index in [-0.39, 0.29) is 22.2 Å². The Balaban J connectivity index is 2.16. The van der Waals surface area contributed by atoms with Crippen LogP contribution in [-0.4, -0.2) is 31.7 Å². The average molecular weight is 405 g/mol. The Morgan fingerprint density at radius 2 is 1.80 bits per heavy atom. The van der Waals surface area contributed by atoms with Gasteiger partial charge in [0.25, 0.3) is 0 Å². The number of nitrogens with one attached hydrogen (secondary N) is 1. The number of sulfonamides is 1. The summed E-state index contributed by atoms with van der Waals surface area (Å²) in [5.74, 6) is -1.12. The number of hydrogen-bond donors (Lipinski definition) is 1. The molecule has 0 heterocycles. The normalized spacial score (nSPS) is 11.6. The van der Waals surface area contributed by atoms with Crippen LogP contribution in [-0.2, 0) is 14.8 Å². The van der Waals surface area contributed by atoms with Crippen molar-refractivity contribution in [3.05, 3.63) is 58.3 Å². The Morgan fingerprint density at radius 3 is 2.40 bits per heavy atom. The lowest BCUT2D eigenvalue weighted by Gasteiger charge is -2.20. The van der Waals surface area contributed by atoms with Gasteiger partial charge in [0.15, 0.2) is 0 Å². The van der Waals surface area contributed by atoms with Crippen molar-refractivity contribution >= 4 is 44.8 Å². The number of halogens is 3. The van der Waals surface area contributed by atoms with Crippen LogP contribution < -0.4 is 5.32 Å². The number of amides is 1. The summed E-state index contributed by atoms with van der Waals surface area (Å²) in [5, 5.41) is 3.19. The third-order valence-corrected chi connectivity index (χ3v) is 5.83. The van der Waals surface area contributed by atoms with Crippen molar-refractivity contribution in [2.75, 3.05) is 18.4 Å². The highest BCUT2D eigenvalue weighted by atomic mass is 35.5. The van der Waals surface area contributed by atoms with Crippen molar-refractivity contribution in [2.45, 2.75) is 11.8 Å². The van der Waals surface area contributed by atoms with Crippen molar-refractivity contribution < 1.29 is 17.6 Å². The second kappa shape index (κ2) is 8.14. The molecule has 25 heavy (non-hydrogen) atoms. The minimum atomic E-state index is -3.93. The molecule has 0 fully saturated rings. The molecule has 2 rings (SSSR count). The van der Waals surface area contributed by atoms with Crippen LogP contribution in [0.5, 0.6) is 0 Å². The first-order chi connectivity index (χ1) is 11.7. The first kappa shape index (κ1) is 19.7. The fraction of sp³-hybridized carbons (Fsp3) is 0.188. The van der Waals surface area contributed by atoms with Crippen molar-refractivity contribution in [1.29, 1.82) is 0 Å². The molecule has 134 valence electrons. The molecule has 5 nitrogen and oxygen atoms in total. The van der Waals surface area contributed by atoms with Crippen LogP contribution in [0.3, 0.4) is 0 Å². The first-order valence-electron chi connectivity index (χ1n) is 7.24. The van der Waals surface area contributed by atoms with E-state index in [0.29, 0.717) is 5.02 Å². The second-order valence-electron chi connectivity index (χ2n) is 5.06. The number of likely N-dealkylation sites (N-methyl/N-ethyl adjacent to an activating group) is 1. The van der Waals surface area contributed by atoms with E-state index in [1.807, 2.05) is 0 Å². The van der Waals surface area contributed by atoms with E-state index < -0.39 is 28.3 Å². The van der Waals surface area contributed by atoms with Gasteiger partial charge in [-0.05, 0) is 42.5 Å². The van der Waals surface area contributed by atoms with Crippen LogP contribution in [0.25, 0.3) is 0 Å². The molecule has 0 aliphatic rings. The summed E-state index contributed by atoms with van der Waals surface area (Å²) in [6.07, 6.45) is 0. The Morgan fingerprint density at radius 1 is 1.16 bits per heavy atom. The molecule has 0 atom stereocenters. The maximum absolute atomic E-state index is 13.0. The van der Waals surface area contributed by atoms with Gasteiger partial charge in [0.2, 0.25) is 15.9 Å².